The van der Waals surface area contributed by atoms with E-state index in [1.54, 1.807) is 48.5 Å². The minimum Gasteiger partial charge on any atom is -0.378 e. The van der Waals surface area contributed by atoms with Gasteiger partial charge >= 0.3 is 0 Å². The summed E-state index contributed by atoms with van der Waals surface area (Å²) in [5, 5.41) is 0. The summed E-state index contributed by atoms with van der Waals surface area (Å²) in [6.07, 6.45) is 0. The van der Waals surface area contributed by atoms with Crippen LogP contribution in [-0.2, 0) is 29.1 Å². The van der Waals surface area contributed by atoms with Crippen molar-refractivity contribution < 1.29 is 26.3 Å². The van der Waals surface area contributed by atoms with Crippen molar-refractivity contribution in [2.24, 2.45) is 0 Å². The monoisotopic (exact) mass is 424 g/mol. The molecule has 0 fully saturated rings. The zero-order valence-corrected chi connectivity index (χ0v) is 17.5. The van der Waals surface area contributed by atoms with Gasteiger partial charge in [-0.05, 0) is 38.1 Å². The van der Waals surface area contributed by atoms with Gasteiger partial charge in [0, 0.05) is 0 Å². The highest BCUT2D eigenvalue weighted by Gasteiger charge is 2.15. The molecule has 0 unspecified atom stereocenters. The molecule has 2 aromatic rings. The molecule has 0 aliphatic rings. The van der Waals surface area contributed by atoms with Gasteiger partial charge in [-0.25, -0.2) is 16.8 Å². The molecule has 0 bridgehead atoms. The smallest absolute Gasteiger partial charge is 0.184 e. The molecule has 0 atom stereocenters. The number of hydrogen-bond acceptors (Lipinski definition) is 6. The van der Waals surface area contributed by atoms with Gasteiger partial charge in [0.15, 0.2) is 19.7 Å². The standard InChI is InChI=1S/C20H24O6S2/c1-17-3-7-19(8-4-17)27(21,22)15-13-25-11-12-26-14-16-28(23,24)20-9-5-18(2)6-10-20/h3-10,15-16H,11-14H2,1-2H3. The van der Waals surface area contributed by atoms with Gasteiger partial charge in [-0.1, -0.05) is 35.4 Å². The molecule has 0 aliphatic carbocycles. The molecular formula is C20H24O6S2. The molecule has 0 heterocycles. The summed E-state index contributed by atoms with van der Waals surface area (Å²) < 4.78 is 58.9. The van der Waals surface area contributed by atoms with Crippen LogP contribution in [0.1, 0.15) is 11.1 Å². The lowest BCUT2D eigenvalue weighted by molar-refractivity contribution is 0.0674. The maximum Gasteiger partial charge on any atom is 0.184 e. The van der Waals surface area contributed by atoms with Crippen molar-refractivity contribution in [3.8, 4) is 0 Å². The second-order valence-electron chi connectivity index (χ2n) is 6.20. The van der Waals surface area contributed by atoms with Crippen LogP contribution in [0.25, 0.3) is 0 Å². The van der Waals surface area contributed by atoms with Crippen LogP contribution in [0.5, 0.6) is 0 Å². The quantitative estimate of drug-likeness (QED) is 0.516. The summed E-state index contributed by atoms with van der Waals surface area (Å²) in [6, 6.07) is 13.1. The normalized spacial score (nSPS) is 12.2. The Kier molecular flexibility index (Phi) is 8.18. The summed E-state index contributed by atoms with van der Waals surface area (Å²) in [4.78, 5) is 0.433. The Hall–Kier alpha value is -1.74. The van der Waals surface area contributed by atoms with Crippen LogP contribution in [0.4, 0.5) is 0 Å². The van der Waals surface area contributed by atoms with E-state index in [1.165, 1.54) is 0 Å². The number of ether oxygens (including phenoxy) is 2. The summed E-state index contributed by atoms with van der Waals surface area (Å²) in [7, 11) is -7.01. The molecule has 0 aliphatic heterocycles. The fourth-order valence-electron chi connectivity index (χ4n) is 2.21. The Balaban J connectivity index is 1.63. The van der Waals surface area contributed by atoms with E-state index in [1.807, 2.05) is 13.8 Å². The maximum absolute atomic E-state index is 12.1. The van der Waals surface area contributed by atoms with Crippen LogP contribution in [0.2, 0.25) is 0 Å². The van der Waals surface area contributed by atoms with Crippen molar-refractivity contribution >= 4 is 19.7 Å². The Morgan fingerprint density at radius 1 is 0.643 bits per heavy atom. The van der Waals surface area contributed by atoms with Crippen molar-refractivity contribution in [2.45, 2.75) is 23.6 Å². The average molecular weight is 425 g/mol. The molecule has 2 aromatic carbocycles. The molecule has 8 heteroatoms. The van der Waals surface area contributed by atoms with Crippen LogP contribution in [0, 0.1) is 25.4 Å². The SMILES string of the molecule is Cc1ccc(S(=O)(=O)[CH]COCCOC[CH]S(=O)(=O)c2ccc(C)cc2)cc1. The molecule has 0 spiro atoms. The fourth-order valence-corrected chi connectivity index (χ4v) is 4.17. The lowest BCUT2D eigenvalue weighted by atomic mass is 10.2. The van der Waals surface area contributed by atoms with E-state index in [-0.39, 0.29) is 36.2 Å². The number of rotatable bonds is 11. The molecule has 2 radical (unpaired) electrons. The number of aryl methyl sites for hydroxylation is 2. The lowest BCUT2D eigenvalue weighted by Crippen LogP contribution is -2.12. The lowest BCUT2D eigenvalue weighted by Gasteiger charge is -2.07. The molecule has 0 amide bonds. The third-order valence-corrected chi connectivity index (χ3v) is 6.89. The summed E-state index contributed by atoms with van der Waals surface area (Å²) in [6.45, 7) is 3.91. The van der Waals surface area contributed by atoms with Gasteiger partial charge in [0.1, 0.15) is 11.5 Å². The first-order valence-electron chi connectivity index (χ1n) is 8.66. The van der Waals surface area contributed by atoms with Crippen LogP contribution in [0.15, 0.2) is 58.3 Å². The second kappa shape index (κ2) is 10.2. The first kappa shape index (κ1) is 22.5. The Labute approximate surface area is 167 Å². The predicted molar refractivity (Wildman–Crippen MR) is 107 cm³/mol. The van der Waals surface area contributed by atoms with E-state index in [0.717, 1.165) is 22.6 Å². The molecule has 2 rings (SSSR count). The predicted octanol–water partition coefficient (Wildman–Crippen LogP) is 2.91. The summed E-state index contributed by atoms with van der Waals surface area (Å²) in [5.74, 6) is 2.21. The van der Waals surface area contributed by atoms with Gasteiger partial charge in [-0.15, -0.1) is 0 Å². The van der Waals surface area contributed by atoms with E-state index in [0.29, 0.717) is 0 Å². The highest BCUT2D eigenvalue weighted by molar-refractivity contribution is 7.93. The number of benzene rings is 2. The molecule has 0 saturated carbocycles. The third-order valence-electron chi connectivity index (χ3n) is 3.88. The molecule has 6 nitrogen and oxygen atoms in total. The van der Waals surface area contributed by atoms with Crippen LogP contribution >= 0.6 is 0 Å². The second-order valence-corrected chi connectivity index (χ2v) is 9.99. The van der Waals surface area contributed by atoms with Gasteiger partial charge in [-0.2, -0.15) is 0 Å². The fraction of sp³-hybridized carbons (Fsp3) is 0.300. The highest BCUT2D eigenvalue weighted by atomic mass is 32.2. The largest absolute Gasteiger partial charge is 0.378 e. The summed E-state index contributed by atoms with van der Waals surface area (Å²) in [5.41, 5.74) is 1.96. The maximum atomic E-state index is 12.1. The van der Waals surface area contributed by atoms with E-state index in [9.17, 15) is 16.8 Å². The van der Waals surface area contributed by atoms with Gasteiger partial charge < -0.3 is 9.47 Å². The Morgan fingerprint density at radius 2 is 0.964 bits per heavy atom. The number of hydrogen-bond donors (Lipinski definition) is 0. The van der Waals surface area contributed by atoms with Crippen LogP contribution in [-0.4, -0.2) is 43.3 Å². The minimum absolute atomic E-state index is 0.0784. The van der Waals surface area contributed by atoms with Gasteiger partial charge in [-0.3, -0.25) is 0 Å². The Morgan fingerprint density at radius 3 is 1.29 bits per heavy atom. The molecule has 0 N–H and O–H groups in total. The van der Waals surface area contributed by atoms with E-state index >= 15 is 0 Å². The van der Waals surface area contributed by atoms with Crippen molar-refractivity contribution in [3.63, 3.8) is 0 Å². The molecule has 152 valence electrons. The topological polar surface area (TPSA) is 86.7 Å². The Bertz CT molecular complexity index is 865. The third kappa shape index (κ3) is 7.01. The van der Waals surface area contributed by atoms with Gasteiger partial charge in [0.2, 0.25) is 0 Å². The number of sulfone groups is 2. The van der Waals surface area contributed by atoms with Crippen molar-refractivity contribution in [2.75, 3.05) is 26.4 Å². The zero-order valence-electron chi connectivity index (χ0n) is 15.9. The van der Waals surface area contributed by atoms with E-state index in [2.05, 4.69) is 0 Å². The molecular weight excluding hydrogens is 400 g/mol. The van der Waals surface area contributed by atoms with Crippen LogP contribution in [0.3, 0.4) is 0 Å². The first-order valence-corrected chi connectivity index (χ1v) is 11.8. The first-order chi connectivity index (χ1) is 13.2. The van der Waals surface area contributed by atoms with Crippen molar-refractivity contribution in [1.82, 2.24) is 0 Å². The van der Waals surface area contributed by atoms with Crippen LogP contribution < -0.4 is 0 Å². The zero-order chi connectivity index (χ0) is 20.6. The van der Waals surface area contributed by atoms with Gasteiger partial charge in [0.25, 0.3) is 0 Å². The average Bonchev–Trinajstić information content (AvgIpc) is 2.64. The molecule has 0 saturated heterocycles. The molecule has 0 aromatic heterocycles. The van der Waals surface area contributed by atoms with Gasteiger partial charge in [0.05, 0.1) is 36.2 Å². The highest BCUT2D eigenvalue weighted by Crippen LogP contribution is 2.15. The van der Waals surface area contributed by atoms with Crippen molar-refractivity contribution in [3.05, 3.63) is 71.2 Å². The summed E-state index contributed by atoms with van der Waals surface area (Å²) >= 11 is 0. The van der Waals surface area contributed by atoms with E-state index < -0.39 is 19.7 Å². The molecule has 28 heavy (non-hydrogen) atoms. The minimum atomic E-state index is -3.50. The van der Waals surface area contributed by atoms with E-state index in [4.69, 9.17) is 9.47 Å². The van der Waals surface area contributed by atoms with Crippen molar-refractivity contribution in [1.29, 1.82) is 0 Å².